The van der Waals surface area contributed by atoms with E-state index in [1.165, 1.54) is 7.11 Å². The van der Waals surface area contributed by atoms with Crippen LogP contribution in [0.5, 0.6) is 0 Å². The summed E-state index contributed by atoms with van der Waals surface area (Å²) >= 11 is 0. The van der Waals surface area contributed by atoms with Crippen LogP contribution in [0.4, 0.5) is 4.79 Å². The van der Waals surface area contributed by atoms with E-state index in [0.717, 1.165) is 10.5 Å². The second-order valence-electron chi connectivity index (χ2n) is 4.87. The van der Waals surface area contributed by atoms with Crippen molar-refractivity contribution in [3.63, 3.8) is 0 Å². The number of nitrogens with zero attached hydrogens (tertiary/aromatic N) is 1. The molecule has 0 aliphatic rings. The third-order valence-corrected chi connectivity index (χ3v) is 3.21. The molecule has 0 bridgehead atoms. The minimum atomic E-state index is -0.905. The lowest BCUT2D eigenvalue weighted by Gasteiger charge is -2.19. The fourth-order valence-corrected chi connectivity index (χ4v) is 1.95. The number of hydrogen-bond donors (Lipinski definition) is 0. The molecule has 0 unspecified atom stereocenters. The van der Waals surface area contributed by atoms with Gasteiger partial charge >= 0.3 is 12.1 Å². The van der Waals surface area contributed by atoms with E-state index in [1.807, 2.05) is 18.2 Å². The van der Waals surface area contributed by atoms with Gasteiger partial charge in [-0.15, -0.1) is 0 Å². The zero-order valence-corrected chi connectivity index (χ0v) is 13.2. The van der Waals surface area contributed by atoms with E-state index in [4.69, 9.17) is 4.74 Å². The predicted octanol–water partition coefficient (Wildman–Crippen LogP) is 2.64. The molecule has 0 spiro atoms. The van der Waals surface area contributed by atoms with E-state index in [-0.39, 0.29) is 12.2 Å². The molecular formula is C18H17NO5. The van der Waals surface area contributed by atoms with Crippen LogP contribution in [0.15, 0.2) is 60.7 Å². The third-order valence-electron chi connectivity index (χ3n) is 3.21. The summed E-state index contributed by atoms with van der Waals surface area (Å²) < 4.78 is 9.68. The first-order chi connectivity index (χ1) is 11.6. The molecule has 6 heteroatoms. The highest BCUT2D eigenvalue weighted by Crippen LogP contribution is 2.09. The number of esters is 1. The minimum absolute atomic E-state index is 0.000580. The van der Waals surface area contributed by atoms with Gasteiger partial charge in [-0.1, -0.05) is 48.5 Å². The van der Waals surface area contributed by atoms with Crippen molar-refractivity contribution < 1.29 is 23.9 Å². The maximum atomic E-state index is 12.5. The van der Waals surface area contributed by atoms with Crippen LogP contribution in [-0.4, -0.2) is 36.5 Å². The van der Waals surface area contributed by atoms with Crippen LogP contribution in [0.3, 0.4) is 0 Å². The summed E-state index contributed by atoms with van der Waals surface area (Å²) in [7, 11) is 1.18. The summed E-state index contributed by atoms with van der Waals surface area (Å²) in [6, 6.07) is 17.2. The normalized spacial score (nSPS) is 9.88. The molecular weight excluding hydrogens is 310 g/mol. The Hall–Kier alpha value is -3.15. The maximum absolute atomic E-state index is 12.5. The first-order valence-corrected chi connectivity index (χ1v) is 7.26. The molecule has 0 fully saturated rings. The smallest absolute Gasteiger partial charge is 0.417 e. The number of carbonyl (C=O) groups is 3. The highest BCUT2D eigenvalue weighted by Gasteiger charge is 2.27. The molecule has 0 aliphatic heterocycles. The Bertz CT molecular complexity index is 700. The molecule has 0 heterocycles. The second-order valence-corrected chi connectivity index (χ2v) is 4.87. The zero-order valence-electron chi connectivity index (χ0n) is 13.2. The van der Waals surface area contributed by atoms with Gasteiger partial charge in [-0.2, -0.15) is 0 Å². The zero-order chi connectivity index (χ0) is 17.4. The number of rotatable bonds is 5. The molecule has 0 aromatic heterocycles. The molecule has 0 radical (unpaired) electrons. The fraction of sp³-hybridized carbons (Fsp3) is 0.167. The summed E-state index contributed by atoms with van der Waals surface area (Å²) in [6.45, 7) is -0.517. The van der Waals surface area contributed by atoms with Crippen LogP contribution in [0.1, 0.15) is 15.9 Å². The largest absolute Gasteiger partial charge is 0.468 e. The van der Waals surface area contributed by atoms with Gasteiger partial charge < -0.3 is 9.47 Å². The maximum Gasteiger partial charge on any atom is 0.417 e. The molecule has 0 N–H and O–H groups in total. The van der Waals surface area contributed by atoms with Gasteiger partial charge in [0, 0.05) is 5.56 Å². The van der Waals surface area contributed by atoms with Crippen LogP contribution < -0.4 is 0 Å². The van der Waals surface area contributed by atoms with Crippen LogP contribution in [0.25, 0.3) is 0 Å². The number of ether oxygens (including phenoxy) is 2. The van der Waals surface area contributed by atoms with E-state index in [9.17, 15) is 14.4 Å². The van der Waals surface area contributed by atoms with Crippen molar-refractivity contribution in [3.05, 3.63) is 71.8 Å². The van der Waals surface area contributed by atoms with Crippen molar-refractivity contribution in [1.82, 2.24) is 4.90 Å². The molecule has 2 aromatic carbocycles. The number of imide groups is 1. The highest BCUT2D eigenvalue weighted by molar-refractivity contribution is 6.04. The molecule has 0 saturated heterocycles. The summed E-state index contributed by atoms with van der Waals surface area (Å²) in [6.07, 6.45) is -0.905. The van der Waals surface area contributed by atoms with E-state index in [1.54, 1.807) is 42.5 Å². The van der Waals surface area contributed by atoms with Gasteiger partial charge in [-0.25, -0.2) is 9.69 Å². The molecule has 2 amide bonds. The van der Waals surface area contributed by atoms with Crippen LogP contribution in [-0.2, 0) is 20.9 Å². The van der Waals surface area contributed by atoms with Crippen molar-refractivity contribution in [2.75, 3.05) is 13.7 Å². The average molecular weight is 327 g/mol. The SMILES string of the molecule is COC(=O)CN(C(=O)OCc1ccccc1)C(=O)c1ccccc1. The standard InChI is InChI=1S/C18H17NO5/c1-23-16(20)12-19(17(21)15-10-6-3-7-11-15)18(22)24-13-14-8-4-2-5-9-14/h2-11H,12-13H2,1H3. The monoisotopic (exact) mass is 327 g/mol. The van der Waals surface area contributed by atoms with Crippen LogP contribution in [0.2, 0.25) is 0 Å². The topological polar surface area (TPSA) is 72.9 Å². The van der Waals surface area contributed by atoms with E-state index < -0.39 is 24.5 Å². The van der Waals surface area contributed by atoms with Gasteiger partial charge in [0.25, 0.3) is 5.91 Å². The van der Waals surface area contributed by atoms with Crippen molar-refractivity contribution in [1.29, 1.82) is 0 Å². The quantitative estimate of drug-likeness (QED) is 0.789. The van der Waals surface area contributed by atoms with Gasteiger partial charge in [0.1, 0.15) is 13.2 Å². The molecule has 2 aromatic rings. The van der Waals surface area contributed by atoms with Gasteiger partial charge in [0.05, 0.1) is 7.11 Å². The molecule has 124 valence electrons. The van der Waals surface area contributed by atoms with Gasteiger partial charge in [0.15, 0.2) is 0 Å². The summed E-state index contributed by atoms with van der Waals surface area (Å²) in [4.78, 5) is 37.0. The molecule has 0 saturated carbocycles. The van der Waals surface area contributed by atoms with E-state index in [0.29, 0.717) is 0 Å². The second kappa shape index (κ2) is 8.47. The molecule has 6 nitrogen and oxygen atoms in total. The summed E-state index contributed by atoms with van der Waals surface area (Å²) in [5.74, 6) is -1.34. The Morgan fingerprint density at radius 1 is 0.917 bits per heavy atom. The average Bonchev–Trinajstić information content (AvgIpc) is 2.65. The number of benzene rings is 2. The van der Waals surface area contributed by atoms with Crippen LogP contribution >= 0.6 is 0 Å². The Labute approximate surface area is 139 Å². The Morgan fingerprint density at radius 2 is 1.50 bits per heavy atom. The Kier molecular flexibility index (Phi) is 6.08. The summed E-state index contributed by atoms with van der Waals surface area (Å²) in [5.41, 5.74) is 1.05. The Morgan fingerprint density at radius 3 is 2.08 bits per heavy atom. The third kappa shape index (κ3) is 4.67. The first kappa shape index (κ1) is 17.2. The van der Waals surface area contributed by atoms with E-state index in [2.05, 4.69) is 4.74 Å². The van der Waals surface area contributed by atoms with Crippen molar-refractivity contribution >= 4 is 18.0 Å². The Balaban J connectivity index is 2.11. The number of amides is 2. The lowest BCUT2D eigenvalue weighted by atomic mass is 10.2. The number of hydrogen-bond acceptors (Lipinski definition) is 5. The van der Waals surface area contributed by atoms with Crippen molar-refractivity contribution in [2.45, 2.75) is 6.61 Å². The minimum Gasteiger partial charge on any atom is -0.468 e. The van der Waals surface area contributed by atoms with Crippen molar-refractivity contribution in [2.24, 2.45) is 0 Å². The van der Waals surface area contributed by atoms with Gasteiger partial charge in [0.2, 0.25) is 0 Å². The molecule has 24 heavy (non-hydrogen) atoms. The fourth-order valence-electron chi connectivity index (χ4n) is 1.95. The van der Waals surface area contributed by atoms with Crippen LogP contribution in [0, 0.1) is 0 Å². The molecule has 0 aliphatic carbocycles. The van der Waals surface area contributed by atoms with Crippen molar-refractivity contribution in [3.8, 4) is 0 Å². The number of methoxy groups -OCH3 is 1. The first-order valence-electron chi connectivity index (χ1n) is 7.26. The number of carbonyl (C=O) groups excluding carboxylic acids is 3. The molecule has 2 rings (SSSR count). The lowest BCUT2D eigenvalue weighted by Crippen LogP contribution is -2.41. The summed E-state index contributed by atoms with van der Waals surface area (Å²) in [5, 5.41) is 0. The molecule has 0 atom stereocenters. The van der Waals surface area contributed by atoms with Gasteiger partial charge in [-0.05, 0) is 17.7 Å². The van der Waals surface area contributed by atoms with E-state index >= 15 is 0 Å². The lowest BCUT2D eigenvalue weighted by molar-refractivity contribution is -0.141. The predicted molar refractivity (Wildman–Crippen MR) is 86.1 cm³/mol. The van der Waals surface area contributed by atoms with Gasteiger partial charge in [-0.3, -0.25) is 9.59 Å². The highest BCUT2D eigenvalue weighted by atomic mass is 16.6.